The Morgan fingerprint density at radius 1 is 1.27 bits per heavy atom. The summed E-state index contributed by atoms with van der Waals surface area (Å²) in [6.07, 6.45) is 3.74. The van der Waals surface area contributed by atoms with Gasteiger partial charge in [0.05, 0.1) is 6.04 Å². The van der Waals surface area contributed by atoms with Crippen LogP contribution in [0.3, 0.4) is 0 Å². The lowest BCUT2D eigenvalue weighted by molar-refractivity contribution is -0.111. The van der Waals surface area contributed by atoms with E-state index < -0.39 is 0 Å². The van der Waals surface area contributed by atoms with Crippen molar-refractivity contribution in [2.45, 2.75) is 25.3 Å². The van der Waals surface area contributed by atoms with Crippen LogP contribution >= 0.6 is 0 Å². The summed E-state index contributed by atoms with van der Waals surface area (Å²) in [4.78, 5) is 35.9. The first-order valence-corrected chi connectivity index (χ1v) is 8.52. The number of hydrogen-bond acceptors (Lipinski definition) is 3. The zero-order valence-electron chi connectivity index (χ0n) is 14.6. The minimum atomic E-state index is -0.329. The van der Waals surface area contributed by atoms with E-state index in [2.05, 4.69) is 17.2 Å². The Hall–Kier alpha value is -3.15. The van der Waals surface area contributed by atoms with Crippen LogP contribution < -0.4 is 16.2 Å². The molecule has 2 aromatic rings. The number of nitrogens with zero attached hydrogens (tertiary/aromatic N) is 1. The number of amides is 2. The topological polar surface area (TPSA) is 80.2 Å². The second-order valence-corrected chi connectivity index (χ2v) is 6.33. The van der Waals surface area contributed by atoms with Crippen molar-refractivity contribution in [1.29, 1.82) is 0 Å². The quantitative estimate of drug-likeness (QED) is 0.830. The van der Waals surface area contributed by atoms with Gasteiger partial charge in [-0.25, -0.2) is 0 Å². The molecule has 1 aromatic carbocycles. The van der Waals surface area contributed by atoms with Crippen LogP contribution in [-0.4, -0.2) is 16.4 Å². The Morgan fingerprint density at radius 2 is 2.08 bits per heavy atom. The van der Waals surface area contributed by atoms with Crippen molar-refractivity contribution >= 4 is 17.5 Å². The molecule has 2 amide bonds. The van der Waals surface area contributed by atoms with Gasteiger partial charge in [0.15, 0.2) is 0 Å². The van der Waals surface area contributed by atoms with E-state index in [1.54, 1.807) is 35.9 Å². The molecule has 6 nitrogen and oxygen atoms in total. The van der Waals surface area contributed by atoms with Crippen LogP contribution in [-0.2, 0) is 18.3 Å². The van der Waals surface area contributed by atoms with Crippen molar-refractivity contribution in [3.8, 4) is 0 Å². The largest absolute Gasteiger partial charge is 0.345 e. The summed E-state index contributed by atoms with van der Waals surface area (Å²) >= 11 is 0. The van der Waals surface area contributed by atoms with Crippen LogP contribution in [0.25, 0.3) is 0 Å². The zero-order valence-corrected chi connectivity index (χ0v) is 14.6. The van der Waals surface area contributed by atoms with Crippen molar-refractivity contribution in [2.24, 2.45) is 7.05 Å². The molecule has 134 valence electrons. The molecule has 0 aliphatic heterocycles. The highest BCUT2D eigenvalue weighted by atomic mass is 16.2. The molecule has 0 saturated carbocycles. The maximum Gasteiger partial charge on any atom is 0.251 e. The molecule has 26 heavy (non-hydrogen) atoms. The average molecular weight is 351 g/mol. The highest BCUT2D eigenvalue weighted by Crippen LogP contribution is 2.28. The summed E-state index contributed by atoms with van der Waals surface area (Å²) < 4.78 is 1.65. The number of carbonyl (C=O) groups excluding carboxylic acids is 2. The summed E-state index contributed by atoms with van der Waals surface area (Å²) in [5, 5.41) is 5.69. The van der Waals surface area contributed by atoms with Gasteiger partial charge in [-0.2, -0.15) is 0 Å². The zero-order chi connectivity index (χ0) is 18.7. The van der Waals surface area contributed by atoms with E-state index in [1.807, 2.05) is 6.07 Å². The van der Waals surface area contributed by atoms with Crippen molar-refractivity contribution in [1.82, 2.24) is 9.88 Å². The molecular formula is C20H21N3O3. The maximum atomic E-state index is 12.7. The summed E-state index contributed by atoms with van der Waals surface area (Å²) in [6, 6.07) is 9.96. The van der Waals surface area contributed by atoms with Crippen LogP contribution in [0, 0.1) is 0 Å². The molecule has 3 rings (SSSR count). The van der Waals surface area contributed by atoms with E-state index >= 15 is 0 Å². The molecule has 1 atom stereocenters. The molecule has 0 spiro atoms. The van der Waals surface area contributed by atoms with E-state index in [0.29, 0.717) is 11.3 Å². The molecule has 1 heterocycles. The van der Waals surface area contributed by atoms with Crippen molar-refractivity contribution < 1.29 is 9.59 Å². The summed E-state index contributed by atoms with van der Waals surface area (Å²) in [5.74, 6) is -0.545. The smallest absolute Gasteiger partial charge is 0.251 e. The lowest BCUT2D eigenvalue weighted by Gasteiger charge is -2.27. The number of carbonyl (C=O) groups is 2. The van der Waals surface area contributed by atoms with E-state index in [4.69, 9.17) is 0 Å². The predicted octanol–water partition coefficient (Wildman–Crippen LogP) is 2.32. The van der Waals surface area contributed by atoms with E-state index in [0.717, 1.165) is 30.5 Å². The van der Waals surface area contributed by atoms with Crippen LogP contribution in [0.2, 0.25) is 0 Å². The fraction of sp³-hybridized carbons (Fsp3) is 0.250. The fourth-order valence-electron chi connectivity index (χ4n) is 3.28. The Labute approximate surface area is 151 Å². The Morgan fingerprint density at radius 3 is 2.85 bits per heavy atom. The SMILES string of the molecule is C=CC(=O)Nc1cccc(C(=O)NC2CCCc3c2ccc(=O)n3C)c1. The molecule has 0 saturated heterocycles. The molecule has 2 N–H and O–H groups in total. The van der Waals surface area contributed by atoms with Crippen LogP contribution in [0.1, 0.15) is 40.5 Å². The van der Waals surface area contributed by atoms with E-state index in [1.165, 1.54) is 12.1 Å². The van der Waals surface area contributed by atoms with Crippen LogP contribution in [0.15, 0.2) is 53.8 Å². The van der Waals surface area contributed by atoms with Gasteiger partial charge in [0.25, 0.3) is 5.91 Å². The molecule has 0 bridgehead atoms. The van der Waals surface area contributed by atoms with Crippen LogP contribution in [0.4, 0.5) is 5.69 Å². The number of pyridine rings is 1. The minimum absolute atomic E-state index is 0.0404. The second kappa shape index (κ2) is 7.39. The monoisotopic (exact) mass is 351 g/mol. The first-order valence-electron chi connectivity index (χ1n) is 8.52. The third kappa shape index (κ3) is 3.59. The molecular weight excluding hydrogens is 330 g/mol. The summed E-state index contributed by atoms with van der Waals surface area (Å²) in [7, 11) is 1.76. The van der Waals surface area contributed by atoms with Gasteiger partial charge in [0, 0.05) is 30.1 Å². The van der Waals surface area contributed by atoms with Crippen molar-refractivity contribution in [3.63, 3.8) is 0 Å². The van der Waals surface area contributed by atoms with Gasteiger partial charge in [-0.1, -0.05) is 12.6 Å². The van der Waals surface area contributed by atoms with E-state index in [-0.39, 0.29) is 23.4 Å². The second-order valence-electron chi connectivity index (χ2n) is 6.33. The number of benzene rings is 1. The number of aromatic nitrogens is 1. The fourth-order valence-corrected chi connectivity index (χ4v) is 3.28. The predicted molar refractivity (Wildman–Crippen MR) is 100 cm³/mol. The van der Waals surface area contributed by atoms with Gasteiger partial charge in [-0.15, -0.1) is 0 Å². The van der Waals surface area contributed by atoms with Crippen molar-refractivity contribution in [3.05, 3.63) is 76.2 Å². The average Bonchev–Trinajstić information content (AvgIpc) is 2.65. The molecule has 0 radical (unpaired) electrons. The Bertz CT molecular complexity index is 930. The standard InChI is InChI=1S/C20H21N3O3/c1-3-18(24)21-14-7-4-6-13(12-14)20(26)22-16-8-5-9-17-15(16)10-11-19(25)23(17)2/h3-4,6-7,10-12,16H,1,5,8-9H2,2H3,(H,21,24)(H,22,26). The molecule has 0 fully saturated rings. The molecule has 1 aliphatic carbocycles. The highest BCUT2D eigenvalue weighted by molar-refractivity contribution is 6.00. The molecule has 1 aromatic heterocycles. The number of fused-ring (bicyclic) bond motifs is 1. The minimum Gasteiger partial charge on any atom is -0.345 e. The van der Waals surface area contributed by atoms with Crippen LogP contribution in [0.5, 0.6) is 0 Å². The lowest BCUT2D eigenvalue weighted by Crippen LogP contribution is -2.34. The Balaban J connectivity index is 1.81. The third-order valence-corrected chi connectivity index (χ3v) is 4.64. The molecule has 1 unspecified atom stereocenters. The number of nitrogens with one attached hydrogen (secondary N) is 2. The third-order valence-electron chi connectivity index (χ3n) is 4.64. The van der Waals surface area contributed by atoms with Crippen molar-refractivity contribution in [2.75, 3.05) is 5.32 Å². The highest BCUT2D eigenvalue weighted by Gasteiger charge is 2.24. The maximum absolute atomic E-state index is 12.7. The summed E-state index contributed by atoms with van der Waals surface area (Å²) in [6.45, 7) is 3.41. The van der Waals surface area contributed by atoms with E-state index in [9.17, 15) is 14.4 Å². The van der Waals surface area contributed by atoms with Gasteiger partial charge in [0.1, 0.15) is 0 Å². The first-order chi connectivity index (χ1) is 12.5. The Kier molecular flexibility index (Phi) is 5.02. The number of hydrogen-bond donors (Lipinski definition) is 2. The number of anilines is 1. The van der Waals surface area contributed by atoms with Gasteiger partial charge >= 0.3 is 0 Å². The molecule has 1 aliphatic rings. The van der Waals surface area contributed by atoms with Gasteiger partial charge in [-0.05, 0) is 55.2 Å². The lowest BCUT2D eigenvalue weighted by atomic mass is 9.90. The normalized spacial score (nSPS) is 15.7. The summed E-state index contributed by atoms with van der Waals surface area (Å²) in [5.41, 5.74) is 2.92. The first kappa shape index (κ1) is 17.7. The van der Waals surface area contributed by atoms with Gasteiger partial charge in [-0.3, -0.25) is 14.4 Å². The number of rotatable bonds is 4. The molecule has 6 heteroatoms. The van der Waals surface area contributed by atoms with Gasteiger partial charge < -0.3 is 15.2 Å². The van der Waals surface area contributed by atoms with Gasteiger partial charge in [0.2, 0.25) is 11.5 Å².